The monoisotopic (exact) mass is 352 g/mol. The molecule has 1 saturated carbocycles. The standard InChI is InChI=1S/C19H16N2O5/c22-20(23)14-1-4-16(5-2-14)26-18-6-3-15(21(24)25)11-17(18)19-9-7-13(12-19)8-10-19/h1-7,9,11,13H,8,10,12H2. The van der Waals surface area contributed by atoms with Crippen molar-refractivity contribution in [3.63, 3.8) is 0 Å². The molecule has 7 heteroatoms. The zero-order valence-electron chi connectivity index (χ0n) is 13.8. The van der Waals surface area contributed by atoms with E-state index in [1.807, 2.05) is 0 Å². The predicted octanol–water partition coefficient (Wildman–Crippen LogP) is 4.90. The molecule has 7 nitrogen and oxygen atoms in total. The average molecular weight is 352 g/mol. The SMILES string of the molecule is O=[N+]([O-])c1ccc(Oc2ccc([N+](=O)[O-])cc2C23C=CC(CC2)C3)cc1. The van der Waals surface area contributed by atoms with Crippen LogP contribution < -0.4 is 4.74 Å². The van der Waals surface area contributed by atoms with E-state index in [9.17, 15) is 20.2 Å². The van der Waals surface area contributed by atoms with Crippen LogP contribution in [0.2, 0.25) is 0 Å². The summed E-state index contributed by atoms with van der Waals surface area (Å²) in [6, 6.07) is 10.4. The molecular weight excluding hydrogens is 336 g/mol. The van der Waals surface area contributed by atoms with Crippen LogP contribution >= 0.6 is 0 Å². The molecule has 2 unspecified atom stereocenters. The lowest BCUT2D eigenvalue weighted by atomic mass is 9.79. The van der Waals surface area contributed by atoms with Gasteiger partial charge in [0, 0.05) is 35.2 Å². The minimum Gasteiger partial charge on any atom is -0.457 e. The number of nitrogens with zero attached hydrogens (tertiary/aromatic N) is 2. The van der Waals surface area contributed by atoms with Crippen LogP contribution in [0.5, 0.6) is 11.5 Å². The third-order valence-electron chi connectivity index (χ3n) is 5.26. The van der Waals surface area contributed by atoms with E-state index in [4.69, 9.17) is 4.74 Å². The molecule has 0 spiro atoms. The van der Waals surface area contributed by atoms with Gasteiger partial charge >= 0.3 is 0 Å². The summed E-state index contributed by atoms with van der Waals surface area (Å²) in [7, 11) is 0. The minimum atomic E-state index is -0.470. The maximum atomic E-state index is 11.2. The van der Waals surface area contributed by atoms with Crippen LogP contribution in [0.25, 0.3) is 0 Å². The van der Waals surface area contributed by atoms with E-state index in [1.54, 1.807) is 12.1 Å². The Hall–Kier alpha value is -3.22. The predicted molar refractivity (Wildman–Crippen MR) is 94.4 cm³/mol. The van der Waals surface area contributed by atoms with E-state index < -0.39 is 9.85 Å². The van der Waals surface area contributed by atoms with E-state index in [-0.39, 0.29) is 16.8 Å². The fourth-order valence-electron chi connectivity index (χ4n) is 3.96. The largest absolute Gasteiger partial charge is 0.457 e. The summed E-state index contributed by atoms with van der Waals surface area (Å²) in [4.78, 5) is 21.1. The van der Waals surface area contributed by atoms with Gasteiger partial charge in [-0.2, -0.15) is 0 Å². The van der Waals surface area contributed by atoms with Crippen molar-refractivity contribution in [1.29, 1.82) is 0 Å². The molecule has 2 aliphatic carbocycles. The molecule has 0 amide bonds. The van der Waals surface area contributed by atoms with Gasteiger partial charge in [-0.25, -0.2) is 0 Å². The minimum absolute atomic E-state index is 0.0165. The molecule has 132 valence electrons. The van der Waals surface area contributed by atoms with E-state index in [0.29, 0.717) is 17.4 Å². The summed E-state index contributed by atoms with van der Waals surface area (Å²) in [6.45, 7) is 0. The molecule has 2 aromatic carbocycles. The van der Waals surface area contributed by atoms with Gasteiger partial charge in [0.25, 0.3) is 11.4 Å². The molecule has 0 N–H and O–H groups in total. The number of nitro groups is 2. The molecular formula is C19H16N2O5. The lowest BCUT2D eigenvalue weighted by molar-refractivity contribution is -0.385. The van der Waals surface area contributed by atoms with Gasteiger partial charge in [0.15, 0.2) is 0 Å². The van der Waals surface area contributed by atoms with Crippen LogP contribution in [-0.2, 0) is 5.41 Å². The van der Waals surface area contributed by atoms with E-state index in [0.717, 1.165) is 24.8 Å². The summed E-state index contributed by atoms with van der Waals surface area (Å²) < 4.78 is 5.96. The van der Waals surface area contributed by atoms with Gasteiger partial charge in [0.1, 0.15) is 11.5 Å². The highest BCUT2D eigenvalue weighted by atomic mass is 16.6. The number of fused-ring (bicyclic) bond motifs is 2. The summed E-state index contributed by atoms with van der Waals surface area (Å²) in [5, 5.41) is 22.0. The van der Waals surface area contributed by atoms with Crippen LogP contribution in [-0.4, -0.2) is 9.85 Å². The third kappa shape index (κ3) is 2.71. The molecule has 2 bridgehead atoms. The number of rotatable bonds is 5. The summed E-state index contributed by atoms with van der Waals surface area (Å²) in [6.07, 6.45) is 7.26. The van der Waals surface area contributed by atoms with Crippen LogP contribution in [0.4, 0.5) is 11.4 Å². The first-order valence-electron chi connectivity index (χ1n) is 8.37. The zero-order chi connectivity index (χ0) is 18.3. The Labute approximate surface area is 149 Å². The van der Waals surface area contributed by atoms with Gasteiger partial charge in [-0.15, -0.1) is 0 Å². The van der Waals surface area contributed by atoms with Gasteiger partial charge in [0.05, 0.1) is 9.85 Å². The maximum absolute atomic E-state index is 11.2. The molecule has 0 aromatic heterocycles. The normalized spacial score (nSPS) is 23.2. The molecule has 0 aliphatic heterocycles. The molecule has 0 heterocycles. The van der Waals surface area contributed by atoms with Crippen molar-refractivity contribution < 1.29 is 14.6 Å². The maximum Gasteiger partial charge on any atom is 0.270 e. The highest BCUT2D eigenvalue weighted by Gasteiger charge is 2.44. The van der Waals surface area contributed by atoms with E-state index in [2.05, 4.69) is 12.2 Å². The number of benzene rings is 2. The van der Waals surface area contributed by atoms with Crippen LogP contribution in [0.15, 0.2) is 54.6 Å². The third-order valence-corrected chi connectivity index (χ3v) is 5.26. The van der Waals surface area contributed by atoms with E-state index in [1.165, 1.54) is 30.3 Å². The molecule has 0 radical (unpaired) electrons. The second-order valence-electron chi connectivity index (χ2n) is 6.81. The summed E-state index contributed by atoms with van der Waals surface area (Å²) >= 11 is 0. The Morgan fingerprint density at radius 2 is 1.69 bits per heavy atom. The molecule has 0 saturated heterocycles. The van der Waals surface area contributed by atoms with Crippen molar-refractivity contribution in [3.05, 3.63) is 80.4 Å². The quantitative estimate of drug-likeness (QED) is 0.433. The first-order chi connectivity index (χ1) is 12.5. The van der Waals surface area contributed by atoms with Gasteiger partial charge < -0.3 is 4.74 Å². The first-order valence-corrected chi connectivity index (χ1v) is 8.37. The Morgan fingerprint density at radius 3 is 2.23 bits per heavy atom. The Bertz CT molecular complexity index is 922. The second-order valence-corrected chi connectivity index (χ2v) is 6.81. The fraction of sp³-hybridized carbons (Fsp3) is 0.263. The highest BCUT2D eigenvalue weighted by Crippen LogP contribution is 2.54. The second kappa shape index (κ2) is 5.94. The Kier molecular flexibility index (Phi) is 3.72. The number of nitro benzene ring substituents is 2. The van der Waals surface area contributed by atoms with Crippen molar-refractivity contribution in [2.24, 2.45) is 5.92 Å². The number of hydrogen-bond donors (Lipinski definition) is 0. The Balaban J connectivity index is 1.72. The highest BCUT2D eigenvalue weighted by molar-refractivity contribution is 5.53. The Morgan fingerprint density at radius 1 is 1.00 bits per heavy atom. The topological polar surface area (TPSA) is 95.5 Å². The zero-order valence-corrected chi connectivity index (χ0v) is 13.8. The summed E-state index contributed by atoms with van der Waals surface area (Å²) in [5.74, 6) is 1.52. The molecule has 4 rings (SSSR count). The van der Waals surface area contributed by atoms with E-state index >= 15 is 0 Å². The lowest BCUT2D eigenvalue weighted by Gasteiger charge is -2.26. The van der Waals surface area contributed by atoms with Gasteiger partial charge in [-0.3, -0.25) is 20.2 Å². The average Bonchev–Trinajstić information content (AvgIpc) is 3.24. The molecule has 2 aromatic rings. The van der Waals surface area contributed by atoms with Crippen LogP contribution in [0.3, 0.4) is 0 Å². The van der Waals surface area contributed by atoms with Crippen LogP contribution in [0, 0.1) is 26.1 Å². The number of ether oxygens (including phenoxy) is 1. The molecule has 26 heavy (non-hydrogen) atoms. The fourth-order valence-corrected chi connectivity index (χ4v) is 3.96. The van der Waals surface area contributed by atoms with Crippen molar-refractivity contribution >= 4 is 11.4 Å². The molecule has 1 fully saturated rings. The van der Waals surface area contributed by atoms with Gasteiger partial charge in [0.2, 0.25) is 0 Å². The lowest BCUT2D eigenvalue weighted by Crippen LogP contribution is -2.18. The number of hydrogen-bond acceptors (Lipinski definition) is 5. The molecule has 2 atom stereocenters. The smallest absolute Gasteiger partial charge is 0.270 e. The van der Waals surface area contributed by atoms with Gasteiger partial charge in [-0.1, -0.05) is 12.2 Å². The summed E-state index contributed by atoms with van der Waals surface area (Å²) in [5.41, 5.74) is 0.597. The molecule has 2 aliphatic rings. The van der Waals surface area contributed by atoms with Crippen molar-refractivity contribution in [2.75, 3.05) is 0 Å². The van der Waals surface area contributed by atoms with Crippen LogP contribution in [0.1, 0.15) is 24.8 Å². The van der Waals surface area contributed by atoms with Crippen molar-refractivity contribution in [2.45, 2.75) is 24.7 Å². The van der Waals surface area contributed by atoms with Gasteiger partial charge in [-0.05, 0) is 43.4 Å². The van der Waals surface area contributed by atoms with Crippen molar-refractivity contribution in [1.82, 2.24) is 0 Å². The first kappa shape index (κ1) is 16.3. The number of non-ortho nitro benzene ring substituents is 2. The van der Waals surface area contributed by atoms with Crippen molar-refractivity contribution in [3.8, 4) is 11.5 Å². The number of allylic oxidation sites excluding steroid dienone is 2.